The second-order valence-corrected chi connectivity index (χ2v) is 3.97. The van der Waals surface area contributed by atoms with E-state index in [4.69, 9.17) is 4.74 Å². The molecule has 0 unspecified atom stereocenters. The van der Waals surface area contributed by atoms with E-state index >= 15 is 0 Å². The van der Waals surface area contributed by atoms with E-state index in [2.05, 4.69) is 5.32 Å². The molecule has 3 heteroatoms. The summed E-state index contributed by atoms with van der Waals surface area (Å²) in [5, 5.41) is 2.98. The molecule has 0 saturated carbocycles. The highest BCUT2D eigenvalue weighted by Crippen LogP contribution is 2.16. The van der Waals surface area contributed by atoms with Crippen molar-refractivity contribution in [2.75, 3.05) is 0 Å². The van der Waals surface area contributed by atoms with Gasteiger partial charge in [-0.1, -0.05) is 0 Å². The van der Waals surface area contributed by atoms with Gasteiger partial charge in [-0.3, -0.25) is 10.1 Å². The molecule has 0 radical (unpaired) electrons. The van der Waals surface area contributed by atoms with E-state index < -0.39 is 0 Å². The lowest BCUT2D eigenvalue weighted by Gasteiger charge is -2.18. The van der Waals surface area contributed by atoms with Crippen molar-refractivity contribution in [1.82, 2.24) is 5.32 Å². The van der Waals surface area contributed by atoms with Gasteiger partial charge in [-0.2, -0.15) is 0 Å². The van der Waals surface area contributed by atoms with Gasteiger partial charge >= 0.3 is 5.97 Å². The van der Waals surface area contributed by atoms with Gasteiger partial charge in [-0.25, -0.2) is 0 Å². The molecule has 0 bridgehead atoms. The van der Waals surface area contributed by atoms with Crippen LogP contribution < -0.4 is 5.32 Å². The van der Waals surface area contributed by atoms with Crippen molar-refractivity contribution >= 4 is 5.97 Å². The third-order valence-corrected chi connectivity index (χ3v) is 1.49. The van der Waals surface area contributed by atoms with Gasteiger partial charge in [0.2, 0.25) is 0 Å². The molecule has 11 heavy (non-hydrogen) atoms. The Hall–Kier alpha value is -0.570. The summed E-state index contributed by atoms with van der Waals surface area (Å²) >= 11 is 0. The smallest absolute Gasteiger partial charge is 0.325 e. The maximum absolute atomic E-state index is 11.1. The zero-order valence-corrected chi connectivity index (χ0v) is 7.47. The van der Waals surface area contributed by atoms with Crippen molar-refractivity contribution in [3.8, 4) is 0 Å². The molecule has 2 atom stereocenters. The molecule has 0 amide bonds. The van der Waals surface area contributed by atoms with E-state index in [9.17, 15) is 4.79 Å². The van der Waals surface area contributed by atoms with Crippen LogP contribution in [0.1, 0.15) is 27.7 Å². The zero-order chi connectivity index (χ0) is 8.65. The lowest BCUT2D eigenvalue weighted by Crippen LogP contribution is -2.27. The quantitative estimate of drug-likeness (QED) is 0.450. The van der Waals surface area contributed by atoms with Crippen LogP contribution in [0.4, 0.5) is 0 Å². The molecule has 0 aromatic carbocycles. The number of carbonyl (C=O) groups excluding carboxylic acids is 1. The molecule has 1 N–H and O–H groups in total. The van der Waals surface area contributed by atoms with Crippen LogP contribution in [0.3, 0.4) is 0 Å². The highest BCUT2D eigenvalue weighted by Gasteiger charge is 2.41. The number of rotatable bonds is 1. The van der Waals surface area contributed by atoms with Crippen molar-refractivity contribution in [3.05, 3.63) is 0 Å². The number of carbonyl (C=O) groups is 1. The largest absolute Gasteiger partial charge is 0.459 e. The summed E-state index contributed by atoms with van der Waals surface area (Å²) < 4.78 is 5.13. The lowest BCUT2D eigenvalue weighted by atomic mass is 10.2. The Kier molecular flexibility index (Phi) is 1.92. The minimum absolute atomic E-state index is 0.0609. The fourth-order valence-corrected chi connectivity index (χ4v) is 0.865. The molecule has 1 fully saturated rings. The van der Waals surface area contributed by atoms with Gasteiger partial charge in [0.05, 0.1) is 0 Å². The van der Waals surface area contributed by atoms with Gasteiger partial charge in [-0.15, -0.1) is 0 Å². The predicted molar refractivity (Wildman–Crippen MR) is 42.2 cm³/mol. The third-order valence-electron chi connectivity index (χ3n) is 1.49. The Morgan fingerprint density at radius 1 is 1.45 bits per heavy atom. The van der Waals surface area contributed by atoms with E-state index in [-0.39, 0.29) is 17.6 Å². The molecule has 1 aliphatic heterocycles. The Labute approximate surface area is 67.1 Å². The van der Waals surface area contributed by atoms with Gasteiger partial charge in [-0.05, 0) is 27.7 Å². The molecule has 1 aliphatic rings. The standard InChI is InChI=1S/C8H15NO2/c1-5-6(9-5)7(10)11-8(2,3)4/h5-6,9H,1-4H3/t5-,6-/m1/s1. The summed E-state index contributed by atoms with van der Waals surface area (Å²) in [5.74, 6) is -0.134. The average Bonchev–Trinajstić information content (AvgIpc) is 2.41. The first-order valence-electron chi connectivity index (χ1n) is 3.89. The molecular weight excluding hydrogens is 142 g/mol. The van der Waals surface area contributed by atoms with E-state index in [1.165, 1.54) is 0 Å². The SMILES string of the molecule is C[C@H]1N[C@H]1C(=O)OC(C)(C)C. The minimum atomic E-state index is -0.360. The van der Waals surface area contributed by atoms with E-state index in [0.29, 0.717) is 6.04 Å². The maximum atomic E-state index is 11.1. The fraction of sp³-hybridized carbons (Fsp3) is 0.875. The number of nitrogens with one attached hydrogen (secondary N) is 1. The molecule has 3 nitrogen and oxygen atoms in total. The van der Waals surface area contributed by atoms with Gasteiger partial charge < -0.3 is 4.74 Å². The van der Waals surface area contributed by atoms with Crippen LogP contribution in [0, 0.1) is 0 Å². The molecule has 0 spiro atoms. The topological polar surface area (TPSA) is 48.2 Å². The molecule has 64 valence electrons. The maximum Gasteiger partial charge on any atom is 0.325 e. The zero-order valence-electron chi connectivity index (χ0n) is 7.47. The Morgan fingerprint density at radius 2 is 1.91 bits per heavy atom. The number of ether oxygens (including phenoxy) is 1. The highest BCUT2D eigenvalue weighted by molar-refractivity contribution is 5.80. The molecule has 1 heterocycles. The van der Waals surface area contributed by atoms with Crippen LogP contribution in [0.15, 0.2) is 0 Å². The lowest BCUT2D eigenvalue weighted by molar-refractivity contribution is -0.154. The summed E-state index contributed by atoms with van der Waals surface area (Å²) in [4.78, 5) is 11.1. The van der Waals surface area contributed by atoms with Crippen LogP contribution >= 0.6 is 0 Å². The third kappa shape index (κ3) is 2.50. The van der Waals surface area contributed by atoms with E-state index in [0.717, 1.165) is 0 Å². The fourth-order valence-electron chi connectivity index (χ4n) is 0.865. The summed E-state index contributed by atoms with van der Waals surface area (Å²) in [6.07, 6.45) is 0. The van der Waals surface area contributed by atoms with Crippen LogP contribution in [0.5, 0.6) is 0 Å². The first-order chi connectivity index (χ1) is 4.90. The first-order valence-corrected chi connectivity index (χ1v) is 3.89. The normalized spacial score (nSPS) is 29.8. The molecule has 1 saturated heterocycles. The average molecular weight is 157 g/mol. The monoisotopic (exact) mass is 157 g/mol. The Morgan fingerprint density at radius 3 is 2.18 bits per heavy atom. The molecule has 0 aliphatic carbocycles. The Bertz CT molecular complexity index is 171. The van der Waals surface area contributed by atoms with Gasteiger partial charge in [0.15, 0.2) is 0 Å². The van der Waals surface area contributed by atoms with Crippen LogP contribution in [0.2, 0.25) is 0 Å². The van der Waals surface area contributed by atoms with E-state index in [1.807, 2.05) is 27.7 Å². The molecule has 0 aromatic heterocycles. The van der Waals surface area contributed by atoms with Crippen LogP contribution in [0.25, 0.3) is 0 Å². The molecule has 0 aromatic rings. The number of hydrogen-bond acceptors (Lipinski definition) is 3. The number of esters is 1. The highest BCUT2D eigenvalue weighted by atomic mass is 16.6. The number of hydrogen-bond donors (Lipinski definition) is 1. The Balaban J connectivity index is 2.33. The molecular formula is C8H15NO2. The summed E-state index contributed by atoms with van der Waals surface area (Å²) in [7, 11) is 0. The minimum Gasteiger partial charge on any atom is -0.459 e. The second kappa shape index (κ2) is 2.48. The van der Waals surface area contributed by atoms with Crippen LogP contribution in [-0.2, 0) is 9.53 Å². The predicted octanol–water partition coefficient (Wildman–Crippen LogP) is 0.688. The summed E-state index contributed by atoms with van der Waals surface area (Å²) in [6, 6.07) is 0.235. The van der Waals surface area contributed by atoms with Crippen molar-refractivity contribution in [3.63, 3.8) is 0 Å². The van der Waals surface area contributed by atoms with Gasteiger partial charge in [0, 0.05) is 6.04 Å². The second-order valence-electron chi connectivity index (χ2n) is 3.97. The van der Waals surface area contributed by atoms with Gasteiger partial charge in [0.1, 0.15) is 11.6 Å². The summed E-state index contributed by atoms with van der Waals surface area (Å²) in [6.45, 7) is 7.59. The van der Waals surface area contributed by atoms with Crippen molar-refractivity contribution in [2.45, 2.75) is 45.4 Å². The van der Waals surface area contributed by atoms with Crippen LogP contribution in [-0.4, -0.2) is 23.7 Å². The molecule has 1 rings (SSSR count). The first kappa shape index (κ1) is 8.53. The summed E-state index contributed by atoms with van der Waals surface area (Å²) in [5.41, 5.74) is -0.360. The van der Waals surface area contributed by atoms with Crippen molar-refractivity contribution in [1.29, 1.82) is 0 Å². The van der Waals surface area contributed by atoms with Crippen molar-refractivity contribution < 1.29 is 9.53 Å². The van der Waals surface area contributed by atoms with E-state index in [1.54, 1.807) is 0 Å². The van der Waals surface area contributed by atoms with Gasteiger partial charge in [0.25, 0.3) is 0 Å². The van der Waals surface area contributed by atoms with Crippen molar-refractivity contribution in [2.24, 2.45) is 0 Å².